The number of carbonyl (C=O) groups is 1. The third-order valence-electron chi connectivity index (χ3n) is 4.76. The van der Waals surface area contributed by atoms with Crippen LogP contribution in [0.1, 0.15) is 12.0 Å². The number of carbonyl (C=O) groups excluding carboxylic acids is 1. The van der Waals surface area contributed by atoms with Gasteiger partial charge in [-0.2, -0.15) is 0 Å². The molecule has 1 aromatic rings. The third-order valence-corrected chi connectivity index (χ3v) is 4.76. The number of nitrogens with zero attached hydrogens (tertiary/aromatic N) is 1. The molecule has 4 rings (SSSR count). The highest BCUT2D eigenvalue weighted by atomic mass is 16.7. The lowest BCUT2D eigenvalue weighted by Gasteiger charge is -2.47. The molecule has 5 heteroatoms. The summed E-state index contributed by atoms with van der Waals surface area (Å²) >= 11 is 0. The van der Waals surface area contributed by atoms with Gasteiger partial charge in [-0.05, 0) is 12.0 Å². The molecule has 2 spiro atoms. The Morgan fingerprint density at radius 3 is 2.60 bits per heavy atom. The fraction of sp³-hybridized carbons (Fsp3) is 0.533. The molecule has 1 aromatic carbocycles. The molecule has 0 radical (unpaired) electrons. The standard InChI is InChI=1S/C15H19N3O2/c19-13-15(7-14(10-17-15)8-16-9-14)11-18(13)20-6-12-4-2-1-3-5-12/h1-5,16-17H,6-11H2. The van der Waals surface area contributed by atoms with Gasteiger partial charge in [0.05, 0.1) is 6.54 Å². The third kappa shape index (κ3) is 1.78. The van der Waals surface area contributed by atoms with E-state index in [0.29, 0.717) is 18.6 Å². The Balaban J connectivity index is 1.34. The van der Waals surface area contributed by atoms with Crippen molar-refractivity contribution in [3.8, 4) is 0 Å². The number of β-lactam (4-membered cyclic amide) rings is 1. The zero-order valence-corrected chi connectivity index (χ0v) is 11.4. The molecule has 3 fully saturated rings. The first-order valence-electron chi connectivity index (χ1n) is 7.16. The molecule has 1 amide bonds. The van der Waals surface area contributed by atoms with E-state index in [1.54, 1.807) is 0 Å². The van der Waals surface area contributed by atoms with Gasteiger partial charge in [0.2, 0.25) is 0 Å². The van der Waals surface area contributed by atoms with Crippen molar-refractivity contribution in [2.24, 2.45) is 5.41 Å². The summed E-state index contributed by atoms with van der Waals surface area (Å²) in [6.07, 6.45) is 0.941. The fourth-order valence-electron chi connectivity index (χ4n) is 3.48. The van der Waals surface area contributed by atoms with Crippen molar-refractivity contribution in [2.45, 2.75) is 18.6 Å². The number of nitrogens with one attached hydrogen (secondary N) is 2. The molecule has 1 atom stereocenters. The van der Waals surface area contributed by atoms with Crippen LogP contribution in [0.3, 0.4) is 0 Å². The molecule has 1 unspecified atom stereocenters. The second-order valence-electron chi connectivity index (χ2n) is 6.32. The molecule has 5 nitrogen and oxygen atoms in total. The Hall–Kier alpha value is -1.43. The minimum atomic E-state index is -0.348. The van der Waals surface area contributed by atoms with Gasteiger partial charge >= 0.3 is 0 Å². The van der Waals surface area contributed by atoms with Crippen LogP contribution in [0.15, 0.2) is 30.3 Å². The van der Waals surface area contributed by atoms with E-state index in [0.717, 1.165) is 31.6 Å². The van der Waals surface area contributed by atoms with Crippen LogP contribution in [-0.4, -0.2) is 42.7 Å². The van der Waals surface area contributed by atoms with E-state index in [1.807, 2.05) is 30.3 Å². The van der Waals surface area contributed by atoms with Crippen molar-refractivity contribution in [3.63, 3.8) is 0 Å². The summed E-state index contributed by atoms with van der Waals surface area (Å²) in [5.41, 5.74) is 1.04. The molecule has 0 bridgehead atoms. The highest BCUT2D eigenvalue weighted by molar-refractivity contribution is 5.92. The zero-order valence-electron chi connectivity index (χ0n) is 11.4. The molecule has 3 heterocycles. The van der Waals surface area contributed by atoms with Crippen molar-refractivity contribution < 1.29 is 9.63 Å². The fourth-order valence-corrected chi connectivity index (χ4v) is 3.48. The van der Waals surface area contributed by atoms with E-state index >= 15 is 0 Å². The van der Waals surface area contributed by atoms with E-state index in [2.05, 4.69) is 10.6 Å². The summed E-state index contributed by atoms with van der Waals surface area (Å²) in [7, 11) is 0. The van der Waals surface area contributed by atoms with E-state index in [4.69, 9.17) is 4.84 Å². The van der Waals surface area contributed by atoms with Crippen LogP contribution < -0.4 is 10.6 Å². The van der Waals surface area contributed by atoms with Crippen LogP contribution in [0.2, 0.25) is 0 Å². The predicted molar refractivity (Wildman–Crippen MR) is 73.6 cm³/mol. The van der Waals surface area contributed by atoms with Crippen LogP contribution in [0.25, 0.3) is 0 Å². The summed E-state index contributed by atoms with van der Waals surface area (Å²) in [6, 6.07) is 9.93. The van der Waals surface area contributed by atoms with Crippen molar-refractivity contribution in [1.82, 2.24) is 15.7 Å². The summed E-state index contributed by atoms with van der Waals surface area (Å²) in [6.45, 7) is 4.12. The molecule has 20 heavy (non-hydrogen) atoms. The summed E-state index contributed by atoms with van der Waals surface area (Å²) < 4.78 is 0. The number of hydroxylamine groups is 2. The van der Waals surface area contributed by atoms with E-state index in [1.165, 1.54) is 5.06 Å². The molecule has 0 aromatic heterocycles. The summed E-state index contributed by atoms with van der Waals surface area (Å²) in [5.74, 6) is 0.0946. The molecule has 3 saturated heterocycles. The Morgan fingerprint density at radius 2 is 2.00 bits per heavy atom. The van der Waals surface area contributed by atoms with Gasteiger partial charge in [0, 0.05) is 25.0 Å². The average molecular weight is 273 g/mol. The maximum absolute atomic E-state index is 12.4. The summed E-state index contributed by atoms with van der Waals surface area (Å²) in [5, 5.41) is 8.24. The molecule has 0 saturated carbocycles. The van der Waals surface area contributed by atoms with Crippen LogP contribution in [0, 0.1) is 5.41 Å². The van der Waals surface area contributed by atoms with Gasteiger partial charge in [-0.1, -0.05) is 30.3 Å². The van der Waals surface area contributed by atoms with Gasteiger partial charge < -0.3 is 10.6 Å². The van der Waals surface area contributed by atoms with Gasteiger partial charge in [-0.25, -0.2) is 5.06 Å². The minimum absolute atomic E-state index is 0.0946. The van der Waals surface area contributed by atoms with Crippen LogP contribution in [0.5, 0.6) is 0 Å². The minimum Gasteiger partial charge on any atom is -0.315 e. The molecule has 2 N–H and O–H groups in total. The smallest absolute Gasteiger partial charge is 0.268 e. The SMILES string of the molecule is O=C1N(OCc2ccccc2)CC12CC1(CNC1)CN2. The largest absolute Gasteiger partial charge is 0.315 e. The molecule has 3 aliphatic heterocycles. The number of rotatable bonds is 3. The Bertz CT molecular complexity index is 529. The van der Waals surface area contributed by atoms with E-state index < -0.39 is 0 Å². The predicted octanol–water partition coefficient (Wildman–Crippen LogP) is 0.282. The molecule has 106 valence electrons. The summed E-state index contributed by atoms with van der Waals surface area (Å²) in [4.78, 5) is 18.0. The number of hydrogen-bond donors (Lipinski definition) is 2. The van der Waals surface area contributed by atoms with Crippen molar-refractivity contribution in [1.29, 1.82) is 0 Å². The number of benzene rings is 1. The van der Waals surface area contributed by atoms with Gasteiger partial charge in [-0.15, -0.1) is 0 Å². The highest BCUT2D eigenvalue weighted by Gasteiger charge is 2.62. The van der Waals surface area contributed by atoms with Gasteiger partial charge in [0.25, 0.3) is 5.91 Å². The lowest BCUT2D eigenvalue weighted by Crippen LogP contribution is -2.71. The van der Waals surface area contributed by atoms with E-state index in [9.17, 15) is 4.79 Å². The monoisotopic (exact) mass is 273 g/mol. The first-order valence-corrected chi connectivity index (χ1v) is 7.16. The van der Waals surface area contributed by atoms with Gasteiger partial charge in [0.15, 0.2) is 0 Å². The molecule has 3 aliphatic rings. The second kappa shape index (κ2) is 4.28. The van der Waals surface area contributed by atoms with Crippen molar-refractivity contribution in [3.05, 3.63) is 35.9 Å². The second-order valence-corrected chi connectivity index (χ2v) is 6.32. The maximum atomic E-state index is 12.4. The van der Waals surface area contributed by atoms with E-state index in [-0.39, 0.29) is 11.4 Å². The lowest BCUT2D eigenvalue weighted by atomic mass is 9.74. The quantitative estimate of drug-likeness (QED) is 0.777. The Kier molecular flexibility index (Phi) is 2.64. The molecule has 0 aliphatic carbocycles. The van der Waals surface area contributed by atoms with Crippen molar-refractivity contribution >= 4 is 5.91 Å². The highest BCUT2D eigenvalue weighted by Crippen LogP contribution is 2.43. The zero-order chi connectivity index (χ0) is 13.6. The topological polar surface area (TPSA) is 53.6 Å². The average Bonchev–Trinajstić information content (AvgIpc) is 2.87. The molecular weight excluding hydrogens is 254 g/mol. The Morgan fingerprint density at radius 1 is 1.20 bits per heavy atom. The Labute approximate surface area is 118 Å². The first-order chi connectivity index (χ1) is 9.72. The number of amides is 1. The first kappa shape index (κ1) is 12.3. The van der Waals surface area contributed by atoms with Gasteiger partial charge in [-0.3, -0.25) is 9.63 Å². The normalized spacial score (nSPS) is 30.6. The molecular formula is C15H19N3O2. The van der Waals surface area contributed by atoms with Gasteiger partial charge in [0.1, 0.15) is 12.1 Å². The lowest BCUT2D eigenvalue weighted by molar-refractivity contribution is -0.232. The van der Waals surface area contributed by atoms with Crippen molar-refractivity contribution in [2.75, 3.05) is 26.2 Å². The maximum Gasteiger partial charge on any atom is 0.268 e. The number of hydrogen-bond acceptors (Lipinski definition) is 4. The van der Waals surface area contributed by atoms with Crippen LogP contribution in [-0.2, 0) is 16.2 Å². The van der Waals surface area contributed by atoms with Crippen LogP contribution >= 0.6 is 0 Å². The van der Waals surface area contributed by atoms with Crippen LogP contribution in [0.4, 0.5) is 0 Å².